The van der Waals surface area contributed by atoms with Crippen LogP contribution in [0.25, 0.3) is 0 Å². The van der Waals surface area contributed by atoms with Crippen LogP contribution in [-0.4, -0.2) is 5.11 Å². The predicted molar refractivity (Wildman–Crippen MR) is 74.2 cm³/mol. The molecule has 1 N–H and O–H groups in total. The Morgan fingerprint density at radius 2 is 2.06 bits per heavy atom. The maximum absolute atomic E-state index is 12.9. The molecule has 96 valence electrons. The summed E-state index contributed by atoms with van der Waals surface area (Å²) < 4.78 is 19.4. The molecular weight excluding hydrogens is 390 g/mol. The standard InChI is InChI=1S/C12H8Br2ClFO2/c13-8-5-11(18-12(8)14)10(17)3-6-1-2-7(16)4-9(6)15/h1-2,4-5,10,17H,3H2. The summed E-state index contributed by atoms with van der Waals surface area (Å²) in [6.07, 6.45) is -0.582. The van der Waals surface area contributed by atoms with Gasteiger partial charge in [-0.3, -0.25) is 0 Å². The van der Waals surface area contributed by atoms with Gasteiger partial charge in [-0.2, -0.15) is 0 Å². The minimum absolute atomic E-state index is 0.255. The highest BCUT2D eigenvalue weighted by Crippen LogP contribution is 2.32. The Kier molecular flexibility index (Phi) is 4.48. The summed E-state index contributed by atoms with van der Waals surface area (Å²) in [4.78, 5) is 0. The predicted octanol–water partition coefficient (Wildman–Crippen LogP) is 4.87. The van der Waals surface area contributed by atoms with E-state index in [0.717, 1.165) is 4.47 Å². The summed E-state index contributed by atoms with van der Waals surface area (Å²) >= 11 is 12.4. The second kappa shape index (κ2) is 5.74. The molecule has 0 bridgehead atoms. The topological polar surface area (TPSA) is 33.4 Å². The van der Waals surface area contributed by atoms with Crippen LogP contribution in [0.3, 0.4) is 0 Å². The lowest BCUT2D eigenvalue weighted by Crippen LogP contribution is -2.01. The molecule has 18 heavy (non-hydrogen) atoms. The molecular formula is C12H8Br2ClFO2. The molecule has 1 aromatic carbocycles. The number of halogens is 4. The molecule has 0 saturated heterocycles. The highest BCUT2D eigenvalue weighted by atomic mass is 79.9. The first kappa shape index (κ1) is 14.1. The summed E-state index contributed by atoms with van der Waals surface area (Å²) in [5, 5.41) is 10.3. The molecule has 0 fully saturated rings. The maximum atomic E-state index is 12.9. The molecule has 0 aliphatic carbocycles. The van der Waals surface area contributed by atoms with Crippen molar-refractivity contribution >= 4 is 43.5 Å². The van der Waals surface area contributed by atoms with Gasteiger partial charge < -0.3 is 9.52 Å². The average molecular weight is 398 g/mol. The van der Waals surface area contributed by atoms with Gasteiger partial charge in [0.2, 0.25) is 0 Å². The van der Waals surface area contributed by atoms with Crippen LogP contribution in [0.1, 0.15) is 17.4 Å². The largest absolute Gasteiger partial charge is 0.450 e. The van der Waals surface area contributed by atoms with Crippen molar-refractivity contribution in [1.29, 1.82) is 0 Å². The highest BCUT2D eigenvalue weighted by molar-refractivity contribution is 9.13. The molecule has 2 rings (SSSR count). The van der Waals surface area contributed by atoms with Crippen LogP contribution in [0.15, 0.2) is 37.8 Å². The fourth-order valence-electron chi connectivity index (χ4n) is 1.52. The van der Waals surface area contributed by atoms with Crippen molar-refractivity contribution in [2.24, 2.45) is 0 Å². The van der Waals surface area contributed by atoms with Gasteiger partial charge in [0.1, 0.15) is 17.7 Å². The van der Waals surface area contributed by atoms with E-state index in [-0.39, 0.29) is 6.42 Å². The number of furan rings is 1. The van der Waals surface area contributed by atoms with Gasteiger partial charge in [-0.25, -0.2) is 4.39 Å². The van der Waals surface area contributed by atoms with Gasteiger partial charge in [0.05, 0.1) is 4.47 Å². The van der Waals surface area contributed by atoms with E-state index in [1.54, 1.807) is 12.1 Å². The van der Waals surface area contributed by atoms with Crippen LogP contribution >= 0.6 is 43.5 Å². The van der Waals surface area contributed by atoms with Crippen LogP contribution < -0.4 is 0 Å². The number of rotatable bonds is 3. The number of aliphatic hydroxyl groups is 1. The molecule has 0 aliphatic heterocycles. The van der Waals surface area contributed by atoms with Gasteiger partial charge in [-0.1, -0.05) is 17.7 Å². The Labute approximate surface area is 125 Å². The van der Waals surface area contributed by atoms with Crippen molar-refractivity contribution in [1.82, 2.24) is 0 Å². The maximum Gasteiger partial charge on any atom is 0.183 e. The first-order valence-corrected chi connectivity index (χ1v) is 7.00. The summed E-state index contributed by atoms with van der Waals surface area (Å²) in [5.74, 6) is 0.0101. The molecule has 2 aromatic rings. The number of aliphatic hydroxyl groups excluding tert-OH is 1. The molecule has 0 radical (unpaired) electrons. The zero-order valence-corrected chi connectivity index (χ0v) is 12.9. The minimum Gasteiger partial charge on any atom is -0.450 e. The Bertz CT molecular complexity index is 552. The molecule has 1 aromatic heterocycles. The Hall–Kier alpha value is -0.360. The zero-order valence-electron chi connectivity index (χ0n) is 8.96. The first-order chi connectivity index (χ1) is 8.47. The lowest BCUT2D eigenvalue weighted by Gasteiger charge is -2.09. The summed E-state index contributed by atoms with van der Waals surface area (Å²) in [7, 11) is 0. The van der Waals surface area contributed by atoms with E-state index in [4.69, 9.17) is 16.0 Å². The van der Waals surface area contributed by atoms with Crippen molar-refractivity contribution < 1.29 is 13.9 Å². The second-order valence-electron chi connectivity index (χ2n) is 3.73. The number of benzene rings is 1. The lowest BCUT2D eigenvalue weighted by atomic mass is 10.1. The van der Waals surface area contributed by atoms with Gasteiger partial charge in [-0.05, 0) is 55.6 Å². The minimum atomic E-state index is -0.837. The van der Waals surface area contributed by atoms with Crippen molar-refractivity contribution in [2.45, 2.75) is 12.5 Å². The number of hydrogen-bond acceptors (Lipinski definition) is 2. The van der Waals surface area contributed by atoms with Crippen molar-refractivity contribution in [3.05, 3.63) is 55.6 Å². The van der Waals surface area contributed by atoms with Gasteiger partial charge in [-0.15, -0.1) is 0 Å². The summed E-state index contributed by atoms with van der Waals surface area (Å²) in [6.45, 7) is 0. The van der Waals surface area contributed by atoms with E-state index < -0.39 is 11.9 Å². The highest BCUT2D eigenvalue weighted by Gasteiger charge is 2.17. The van der Waals surface area contributed by atoms with Crippen LogP contribution in [0.2, 0.25) is 5.02 Å². The quantitative estimate of drug-likeness (QED) is 0.800. The molecule has 0 saturated carbocycles. The van der Waals surface area contributed by atoms with Crippen LogP contribution in [0.4, 0.5) is 4.39 Å². The van der Waals surface area contributed by atoms with Crippen molar-refractivity contribution in [2.75, 3.05) is 0 Å². The molecule has 1 atom stereocenters. The average Bonchev–Trinajstić information content (AvgIpc) is 2.63. The Morgan fingerprint density at radius 3 is 2.61 bits per heavy atom. The summed E-state index contributed by atoms with van der Waals surface area (Å²) in [6, 6.07) is 5.75. The van der Waals surface area contributed by atoms with Crippen LogP contribution in [-0.2, 0) is 6.42 Å². The molecule has 1 heterocycles. The molecule has 2 nitrogen and oxygen atoms in total. The van der Waals surface area contributed by atoms with E-state index >= 15 is 0 Å². The molecule has 0 aliphatic rings. The van der Waals surface area contributed by atoms with Gasteiger partial charge in [0, 0.05) is 11.4 Å². The number of hydrogen-bond donors (Lipinski definition) is 1. The van der Waals surface area contributed by atoms with E-state index in [2.05, 4.69) is 31.9 Å². The Balaban J connectivity index is 2.18. The van der Waals surface area contributed by atoms with E-state index in [1.807, 2.05) is 0 Å². The smallest absolute Gasteiger partial charge is 0.183 e. The normalized spacial score (nSPS) is 12.7. The van der Waals surface area contributed by atoms with Crippen LogP contribution in [0.5, 0.6) is 0 Å². The van der Waals surface area contributed by atoms with E-state index in [1.165, 1.54) is 12.1 Å². The van der Waals surface area contributed by atoms with Gasteiger partial charge in [0.25, 0.3) is 0 Å². The van der Waals surface area contributed by atoms with Crippen LogP contribution in [0, 0.1) is 5.82 Å². The monoisotopic (exact) mass is 396 g/mol. The van der Waals surface area contributed by atoms with Gasteiger partial charge >= 0.3 is 0 Å². The zero-order chi connectivity index (χ0) is 13.3. The molecule has 0 amide bonds. The van der Waals surface area contributed by atoms with E-state index in [9.17, 15) is 9.50 Å². The first-order valence-electron chi connectivity index (χ1n) is 5.04. The summed E-state index contributed by atoms with van der Waals surface area (Å²) in [5.41, 5.74) is 0.661. The SMILES string of the molecule is OC(Cc1ccc(F)cc1Cl)c1cc(Br)c(Br)o1. The Morgan fingerprint density at radius 1 is 1.33 bits per heavy atom. The fourth-order valence-corrected chi connectivity index (χ4v) is 2.38. The molecule has 6 heteroatoms. The third kappa shape index (κ3) is 3.15. The van der Waals surface area contributed by atoms with Gasteiger partial charge in [0.15, 0.2) is 4.67 Å². The van der Waals surface area contributed by atoms with E-state index in [0.29, 0.717) is 21.0 Å². The fraction of sp³-hybridized carbons (Fsp3) is 0.167. The van der Waals surface area contributed by atoms with Crippen molar-refractivity contribution in [3.63, 3.8) is 0 Å². The molecule has 0 spiro atoms. The lowest BCUT2D eigenvalue weighted by molar-refractivity contribution is 0.149. The third-order valence-corrected chi connectivity index (χ3v) is 4.48. The second-order valence-corrected chi connectivity index (χ2v) is 5.71. The third-order valence-electron chi connectivity index (χ3n) is 2.42. The molecule has 1 unspecified atom stereocenters. The van der Waals surface area contributed by atoms with Crippen molar-refractivity contribution in [3.8, 4) is 0 Å².